The highest BCUT2D eigenvalue weighted by molar-refractivity contribution is 6.32. The standard InChI is InChI=1S/C42H46ClN9O4/c1-26-20-42(25-51(26)31-4-2-27(21-44)35(43)19-31)12-16-48(17-13-42)32-5-8-37(45-22-32)49-14-10-30(11-15-49)50-23-29(24-50)46-28-3-6-33-34(18-28)41(56)52(40(33)55)36-7-9-38(53)47-39(36)54/h2-6,8,18-19,22,26,29-30,36,46H,7,9-17,20,23-25H2,1H3,(H,47,53,54)/t26-,36?/m0/s1. The molecule has 7 heterocycles. The Balaban J connectivity index is 0.726. The number of aromatic nitrogens is 1. The van der Waals surface area contributed by atoms with Crippen LogP contribution in [0.4, 0.5) is 22.9 Å². The Morgan fingerprint density at radius 2 is 1.64 bits per heavy atom. The van der Waals surface area contributed by atoms with Crippen LogP contribution in [0.2, 0.25) is 5.02 Å². The predicted octanol–water partition coefficient (Wildman–Crippen LogP) is 4.66. The lowest BCUT2D eigenvalue weighted by atomic mass is 9.76. The van der Waals surface area contributed by atoms with Crippen molar-refractivity contribution in [1.29, 1.82) is 5.26 Å². The van der Waals surface area contributed by atoms with Crippen molar-refractivity contribution in [2.45, 2.75) is 76.0 Å². The molecule has 1 spiro atoms. The van der Waals surface area contributed by atoms with Crippen molar-refractivity contribution >= 4 is 58.1 Å². The lowest BCUT2D eigenvalue weighted by Crippen LogP contribution is -2.60. The van der Waals surface area contributed by atoms with Gasteiger partial charge in [-0.1, -0.05) is 11.6 Å². The molecule has 6 aliphatic heterocycles. The number of likely N-dealkylation sites (tertiary alicyclic amines) is 1. The lowest BCUT2D eigenvalue weighted by molar-refractivity contribution is -0.136. The second-order valence-corrected chi connectivity index (χ2v) is 16.9. The van der Waals surface area contributed by atoms with Gasteiger partial charge < -0.3 is 20.0 Å². The van der Waals surface area contributed by atoms with Crippen molar-refractivity contribution in [2.75, 3.05) is 65.8 Å². The Hall–Kier alpha value is -5.19. The van der Waals surface area contributed by atoms with E-state index in [1.54, 1.807) is 12.1 Å². The third kappa shape index (κ3) is 6.62. The van der Waals surface area contributed by atoms with Crippen molar-refractivity contribution in [3.8, 4) is 6.07 Å². The molecule has 9 rings (SSSR count). The number of nitrogens with one attached hydrogen (secondary N) is 2. The van der Waals surface area contributed by atoms with Gasteiger partial charge in [-0.3, -0.25) is 34.3 Å². The van der Waals surface area contributed by atoms with E-state index < -0.39 is 23.8 Å². The molecule has 13 nitrogen and oxygen atoms in total. The Morgan fingerprint density at radius 3 is 2.34 bits per heavy atom. The number of nitriles is 1. The first-order valence-electron chi connectivity index (χ1n) is 19.9. The molecule has 4 amide bonds. The van der Waals surface area contributed by atoms with Crippen molar-refractivity contribution < 1.29 is 19.2 Å². The molecule has 5 fully saturated rings. The summed E-state index contributed by atoms with van der Waals surface area (Å²) in [5, 5.41) is 15.6. The van der Waals surface area contributed by atoms with Crippen molar-refractivity contribution in [3.63, 3.8) is 0 Å². The quantitative estimate of drug-likeness (QED) is 0.324. The summed E-state index contributed by atoms with van der Waals surface area (Å²) >= 11 is 6.38. The van der Waals surface area contributed by atoms with Crippen LogP contribution < -0.4 is 25.3 Å². The number of rotatable bonds is 7. The zero-order chi connectivity index (χ0) is 38.7. The number of amides is 4. The normalized spacial score (nSPS) is 24.4. The van der Waals surface area contributed by atoms with Crippen LogP contribution in [-0.2, 0) is 9.59 Å². The third-order valence-corrected chi connectivity index (χ3v) is 13.4. The molecule has 6 aliphatic rings. The molecule has 0 radical (unpaired) electrons. The topological polar surface area (TPSA) is 145 Å². The maximum absolute atomic E-state index is 13.2. The summed E-state index contributed by atoms with van der Waals surface area (Å²) in [5.41, 5.74) is 4.45. The van der Waals surface area contributed by atoms with Crippen LogP contribution in [0.5, 0.6) is 0 Å². The lowest BCUT2D eigenvalue weighted by Gasteiger charge is -2.47. The Labute approximate surface area is 331 Å². The van der Waals surface area contributed by atoms with Crippen LogP contribution in [0, 0.1) is 16.7 Å². The van der Waals surface area contributed by atoms with Crippen LogP contribution in [0.1, 0.15) is 78.1 Å². The zero-order valence-corrected chi connectivity index (χ0v) is 32.3. The van der Waals surface area contributed by atoms with E-state index in [0.29, 0.717) is 22.7 Å². The van der Waals surface area contributed by atoms with Gasteiger partial charge in [0.15, 0.2) is 0 Å². The number of anilines is 4. The molecule has 290 valence electrons. The fourth-order valence-electron chi connectivity index (χ4n) is 9.95. The Kier molecular flexibility index (Phi) is 9.37. The van der Waals surface area contributed by atoms with Gasteiger partial charge in [-0.15, -0.1) is 0 Å². The molecule has 14 heteroatoms. The van der Waals surface area contributed by atoms with Crippen molar-refractivity contribution in [1.82, 2.24) is 20.1 Å². The number of carbonyl (C=O) groups is 4. The second kappa shape index (κ2) is 14.4. The highest BCUT2D eigenvalue weighted by Crippen LogP contribution is 2.46. The highest BCUT2D eigenvalue weighted by Gasteiger charge is 2.46. The van der Waals surface area contributed by atoms with E-state index in [2.05, 4.69) is 55.4 Å². The Bertz CT molecular complexity index is 2120. The molecule has 1 aromatic heterocycles. The molecule has 2 aromatic carbocycles. The number of piperidine rings is 3. The van der Waals surface area contributed by atoms with Gasteiger partial charge in [-0.05, 0) is 99.4 Å². The van der Waals surface area contributed by atoms with Crippen molar-refractivity contribution in [3.05, 3.63) is 76.4 Å². The van der Waals surface area contributed by atoms with Crippen LogP contribution in [0.15, 0.2) is 54.7 Å². The number of fused-ring (bicyclic) bond motifs is 1. The minimum atomic E-state index is -0.968. The molecular weight excluding hydrogens is 730 g/mol. The van der Waals surface area contributed by atoms with Gasteiger partial charge >= 0.3 is 0 Å². The molecule has 3 aromatic rings. The van der Waals surface area contributed by atoms with Gasteiger partial charge in [-0.25, -0.2) is 4.98 Å². The molecule has 2 atom stereocenters. The minimum Gasteiger partial charge on any atom is -0.380 e. The van der Waals surface area contributed by atoms with E-state index in [4.69, 9.17) is 16.6 Å². The average Bonchev–Trinajstić information content (AvgIpc) is 3.64. The number of halogens is 1. The van der Waals surface area contributed by atoms with Gasteiger partial charge in [0.05, 0.1) is 39.6 Å². The number of hydrogen-bond donors (Lipinski definition) is 2. The molecule has 1 unspecified atom stereocenters. The number of imide groups is 2. The van der Waals surface area contributed by atoms with Gasteiger partial charge in [0.25, 0.3) is 11.8 Å². The molecule has 0 aliphatic carbocycles. The molecule has 2 N–H and O–H groups in total. The monoisotopic (exact) mass is 775 g/mol. The summed E-state index contributed by atoms with van der Waals surface area (Å²) in [5.74, 6) is -0.944. The van der Waals surface area contributed by atoms with E-state index >= 15 is 0 Å². The summed E-state index contributed by atoms with van der Waals surface area (Å²) in [4.78, 5) is 66.1. The average molecular weight is 776 g/mol. The molecule has 56 heavy (non-hydrogen) atoms. The first kappa shape index (κ1) is 36.4. The van der Waals surface area contributed by atoms with E-state index in [0.717, 1.165) is 100 Å². The predicted molar refractivity (Wildman–Crippen MR) is 213 cm³/mol. The fraction of sp³-hybridized carbons (Fsp3) is 0.476. The molecule has 0 bridgehead atoms. The van der Waals surface area contributed by atoms with Gasteiger partial charge in [0, 0.05) is 75.7 Å². The van der Waals surface area contributed by atoms with E-state index in [-0.39, 0.29) is 41.3 Å². The van der Waals surface area contributed by atoms with Gasteiger partial charge in [-0.2, -0.15) is 5.26 Å². The minimum absolute atomic E-state index is 0.0962. The van der Waals surface area contributed by atoms with E-state index in [9.17, 15) is 24.4 Å². The SMILES string of the molecule is C[C@H]1CC2(CCN(c3ccc(N4CCC(N5CC(Nc6ccc7c(c6)C(=O)N(C6CCC(=O)NC6=O)C7=O)C5)CC4)nc3)CC2)CN1c1ccc(C#N)c(Cl)c1. The number of nitrogens with zero attached hydrogens (tertiary/aromatic N) is 7. The maximum atomic E-state index is 13.2. The van der Waals surface area contributed by atoms with Crippen LogP contribution in [0.25, 0.3) is 0 Å². The second-order valence-electron chi connectivity index (χ2n) is 16.5. The fourth-order valence-corrected chi connectivity index (χ4v) is 10.2. The molecular formula is C42H46ClN9O4. The smallest absolute Gasteiger partial charge is 0.262 e. The highest BCUT2D eigenvalue weighted by atomic mass is 35.5. The molecule has 0 saturated carbocycles. The molecule has 5 saturated heterocycles. The summed E-state index contributed by atoms with van der Waals surface area (Å²) in [7, 11) is 0. The van der Waals surface area contributed by atoms with Crippen LogP contribution in [0.3, 0.4) is 0 Å². The van der Waals surface area contributed by atoms with E-state index in [1.165, 1.54) is 5.69 Å². The van der Waals surface area contributed by atoms with Crippen molar-refractivity contribution in [2.24, 2.45) is 5.41 Å². The van der Waals surface area contributed by atoms with Gasteiger partial charge in [0.2, 0.25) is 11.8 Å². The third-order valence-electron chi connectivity index (χ3n) is 13.1. The zero-order valence-electron chi connectivity index (χ0n) is 31.5. The van der Waals surface area contributed by atoms with Crippen LogP contribution in [-0.4, -0.2) is 108 Å². The largest absolute Gasteiger partial charge is 0.380 e. The Morgan fingerprint density at radius 1 is 0.893 bits per heavy atom. The van der Waals surface area contributed by atoms with E-state index in [1.807, 2.05) is 30.5 Å². The maximum Gasteiger partial charge on any atom is 0.262 e. The summed E-state index contributed by atoms with van der Waals surface area (Å²) < 4.78 is 0. The first-order valence-corrected chi connectivity index (χ1v) is 20.2. The summed E-state index contributed by atoms with van der Waals surface area (Å²) in [6, 6.07) is 17.8. The first-order chi connectivity index (χ1) is 27.1. The van der Waals surface area contributed by atoms with Gasteiger partial charge in [0.1, 0.15) is 17.9 Å². The summed E-state index contributed by atoms with van der Waals surface area (Å²) in [6.07, 6.45) is 7.86. The number of hydrogen-bond acceptors (Lipinski definition) is 11. The number of benzene rings is 2. The summed E-state index contributed by atoms with van der Waals surface area (Å²) in [6.45, 7) is 9.07. The van der Waals surface area contributed by atoms with Crippen LogP contribution >= 0.6 is 11.6 Å². The number of pyridine rings is 1. The number of carbonyl (C=O) groups excluding carboxylic acids is 4.